The van der Waals surface area contributed by atoms with Gasteiger partial charge in [-0.15, -0.1) is 5.92 Å². The molecular formula is C23H30O3. The van der Waals surface area contributed by atoms with Crippen LogP contribution in [0.15, 0.2) is 11.6 Å². The number of carbonyl (C=O) groups is 2. The van der Waals surface area contributed by atoms with Crippen LogP contribution in [-0.4, -0.2) is 17.9 Å². The number of ketones is 1. The molecule has 3 fully saturated rings. The van der Waals surface area contributed by atoms with Gasteiger partial charge < -0.3 is 4.74 Å². The molecule has 0 radical (unpaired) electrons. The van der Waals surface area contributed by atoms with Crippen LogP contribution in [0.25, 0.3) is 0 Å². The van der Waals surface area contributed by atoms with E-state index < -0.39 is 6.10 Å². The molecule has 0 amide bonds. The van der Waals surface area contributed by atoms with Gasteiger partial charge in [0.15, 0.2) is 11.9 Å². The normalized spacial score (nSPS) is 41.1. The van der Waals surface area contributed by atoms with Gasteiger partial charge in [0.05, 0.1) is 0 Å². The fraction of sp³-hybridized carbons (Fsp3) is 0.739. The summed E-state index contributed by atoms with van der Waals surface area (Å²) in [5.74, 6) is 10.6. The SMILES string of the molecule is CCC#C[C@@H]1CC[C@H]2[C@@H]3CCC4=CC(=O)C(OC(C)=O)C[C@@H]4[C@H]3CC[C@@H]21. The first-order valence-electron chi connectivity index (χ1n) is 10.5. The Morgan fingerprint density at radius 1 is 1.12 bits per heavy atom. The second kappa shape index (κ2) is 7.22. The highest BCUT2D eigenvalue weighted by atomic mass is 16.5. The molecule has 0 aliphatic heterocycles. The van der Waals surface area contributed by atoms with Crippen molar-refractivity contribution < 1.29 is 14.3 Å². The van der Waals surface area contributed by atoms with Crippen LogP contribution in [0.1, 0.15) is 65.2 Å². The van der Waals surface area contributed by atoms with Crippen LogP contribution in [0.5, 0.6) is 0 Å². The van der Waals surface area contributed by atoms with E-state index in [1.807, 2.05) is 6.08 Å². The van der Waals surface area contributed by atoms with Crippen molar-refractivity contribution in [2.45, 2.75) is 71.3 Å². The van der Waals surface area contributed by atoms with Gasteiger partial charge in [-0.1, -0.05) is 18.4 Å². The smallest absolute Gasteiger partial charge is 0.303 e. The second-order valence-electron chi connectivity index (χ2n) is 8.69. The van der Waals surface area contributed by atoms with Gasteiger partial charge in [-0.05, 0) is 80.6 Å². The Hall–Kier alpha value is -1.56. The molecule has 0 bridgehead atoms. The molecule has 0 aromatic heterocycles. The number of rotatable bonds is 1. The molecule has 3 heteroatoms. The zero-order valence-electron chi connectivity index (χ0n) is 16.0. The predicted octanol–water partition coefficient (Wildman–Crippen LogP) is 4.31. The molecule has 0 N–H and O–H groups in total. The van der Waals surface area contributed by atoms with Crippen LogP contribution in [0, 0.1) is 47.3 Å². The van der Waals surface area contributed by atoms with E-state index in [-0.39, 0.29) is 11.8 Å². The maximum absolute atomic E-state index is 12.3. The first kappa shape index (κ1) is 17.8. The number of carbonyl (C=O) groups excluding carboxylic acids is 2. The summed E-state index contributed by atoms with van der Waals surface area (Å²) in [6.45, 7) is 3.53. The van der Waals surface area contributed by atoms with Gasteiger partial charge in [-0.25, -0.2) is 0 Å². The highest BCUT2D eigenvalue weighted by molar-refractivity contribution is 5.96. The molecule has 26 heavy (non-hydrogen) atoms. The maximum Gasteiger partial charge on any atom is 0.303 e. The van der Waals surface area contributed by atoms with E-state index >= 15 is 0 Å². The van der Waals surface area contributed by atoms with Crippen molar-refractivity contribution in [3.05, 3.63) is 11.6 Å². The third-order valence-electron chi connectivity index (χ3n) is 7.46. The molecule has 0 spiro atoms. The highest BCUT2D eigenvalue weighted by Crippen LogP contribution is 2.58. The molecule has 7 atom stereocenters. The van der Waals surface area contributed by atoms with E-state index in [0.717, 1.165) is 30.6 Å². The molecule has 0 aromatic rings. The van der Waals surface area contributed by atoms with Gasteiger partial charge in [0.2, 0.25) is 0 Å². The van der Waals surface area contributed by atoms with Crippen LogP contribution >= 0.6 is 0 Å². The molecule has 0 heterocycles. The number of hydrogen-bond donors (Lipinski definition) is 0. The first-order valence-corrected chi connectivity index (χ1v) is 10.5. The average Bonchev–Trinajstić information content (AvgIpc) is 3.03. The quantitative estimate of drug-likeness (QED) is 0.520. The Bertz CT molecular complexity index is 679. The number of allylic oxidation sites excluding steroid dienone is 1. The maximum atomic E-state index is 12.3. The molecule has 4 rings (SSSR count). The first-order chi connectivity index (χ1) is 12.6. The topological polar surface area (TPSA) is 43.4 Å². The van der Waals surface area contributed by atoms with Crippen molar-refractivity contribution in [2.75, 3.05) is 0 Å². The number of fused-ring (bicyclic) bond motifs is 5. The molecule has 1 unspecified atom stereocenters. The minimum atomic E-state index is -0.551. The van der Waals surface area contributed by atoms with E-state index in [0.29, 0.717) is 24.2 Å². The third kappa shape index (κ3) is 3.13. The number of esters is 1. The van der Waals surface area contributed by atoms with E-state index in [4.69, 9.17) is 4.74 Å². The summed E-state index contributed by atoms with van der Waals surface area (Å²) in [5, 5.41) is 0. The lowest BCUT2D eigenvalue weighted by atomic mass is 9.55. The Morgan fingerprint density at radius 2 is 1.85 bits per heavy atom. The molecule has 0 aromatic carbocycles. The van der Waals surface area contributed by atoms with Crippen LogP contribution in [0.2, 0.25) is 0 Å². The molecule has 3 nitrogen and oxygen atoms in total. The van der Waals surface area contributed by atoms with Crippen LogP contribution in [0.4, 0.5) is 0 Å². The standard InChI is InChI=1S/C23H30O3/c1-3-4-5-15-6-8-18-17(15)10-11-20-19(18)9-7-16-12-22(25)23(13-21(16)20)26-14(2)24/h12,15,17-21,23H,3,6-11,13H2,1-2H3/t15-,17-,18-,19+,20+,21+,23?/m1/s1. The van der Waals surface area contributed by atoms with Crippen molar-refractivity contribution in [3.8, 4) is 11.8 Å². The lowest BCUT2D eigenvalue weighted by Crippen LogP contribution is -2.44. The Balaban J connectivity index is 1.52. The van der Waals surface area contributed by atoms with Crippen molar-refractivity contribution in [1.29, 1.82) is 0 Å². The Labute approximate surface area is 156 Å². The van der Waals surface area contributed by atoms with Gasteiger partial charge in [-0.3, -0.25) is 9.59 Å². The van der Waals surface area contributed by atoms with Crippen LogP contribution in [0.3, 0.4) is 0 Å². The monoisotopic (exact) mass is 354 g/mol. The van der Waals surface area contributed by atoms with Gasteiger partial charge in [0.25, 0.3) is 0 Å². The molecule has 0 saturated heterocycles. The van der Waals surface area contributed by atoms with Crippen LogP contribution < -0.4 is 0 Å². The fourth-order valence-corrected chi connectivity index (χ4v) is 6.53. The van der Waals surface area contributed by atoms with E-state index in [9.17, 15) is 9.59 Å². The molecule has 4 aliphatic carbocycles. The molecule has 3 saturated carbocycles. The second-order valence-corrected chi connectivity index (χ2v) is 8.69. The van der Waals surface area contributed by atoms with Crippen molar-refractivity contribution in [1.82, 2.24) is 0 Å². The average molecular weight is 354 g/mol. The van der Waals surface area contributed by atoms with E-state index in [1.54, 1.807) is 0 Å². The number of ether oxygens (including phenoxy) is 1. The van der Waals surface area contributed by atoms with Crippen LogP contribution in [-0.2, 0) is 14.3 Å². The number of hydrogen-bond acceptors (Lipinski definition) is 3. The van der Waals surface area contributed by atoms with Crippen molar-refractivity contribution >= 4 is 11.8 Å². The van der Waals surface area contributed by atoms with E-state index in [1.165, 1.54) is 44.6 Å². The zero-order valence-corrected chi connectivity index (χ0v) is 16.0. The summed E-state index contributed by atoms with van der Waals surface area (Å²) in [5.41, 5.74) is 1.33. The summed E-state index contributed by atoms with van der Waals surface area (Å²) >= 11 is 0. The third-order valence-corrected chi connectivity index (χ3v) is 7.46. The molecule has 140 valence electrons. The summed E-state index contributed by atoms with van der Waals surface area (Å²) in [4.78, 5) is 23.7. The van der Waals surface area contributed by atoms with Crippen molar-refractivity contribution in [2.24, 2.45) is 35.5 Å². The minimum Gasteiger partial charge on any atom is -0.454 e. The lowest BCUT2D eigenvalue weighted by molar-refractivity contribution is -0.153. The highest BCUT2D eigenvalue weighted by Gasteiger charge is 2.51. The lowest BCUT2D eigenvalue weighted by Gasteiger charge is -2.50. The fourth-order valence-electron chi connectivity index (χ4n) is 6.53. The Morgan fingerprint density at radius 3 is 2.62 bits per heavy atom. The summed E-state index contributed by atoms with van der Waals surface area (Å²) < 4.78 is 5.33. The van der Waals surface area contributed by atoms with E-state index in [2.05, 4.69) is 18.8 Å². The molecule has 4 aliphatic rings. The summed E-state index contributed by atoms with van der Waals surface area (Å²) in [7, 11) is 0. The summed E-state index contributed by atoms with van der Waals surface area (Å²) in [6.07, 6.45) is 10.3. The van der Waals surface area contributed by atoms with Gasteiger partial charge in [0, 0.05) is 19.3 Å². The van der Waals surface area contributed by atoms with Gasteiger partial charge in [0.1, 0.15) is 0 Å². The minimum absolute atomic E-state index is 0.00523. The molecular weight excluding hydrogens is 324 g/mol. The largest absolute Gasteiger partial charge is 0.454 e. The summed E-state index contributed by atoms with van der Waals surface area (Å²) in [6, 6.07) is 0. The van der Waals surface area contributed by atoms with Gasteiger partial charge in [-0.2, -0.15) is 0 Å². The predicted molar refractivity (Wildman–Crippen MR) is 100.0 cm³/mol. The van der Waals surface area contributed by atoms with Crippen molar-refractivity contribution in [3.63, 3.8) is 0 Å². The zero-order chi connectivity index (χ0) is 18.3. The van der Waals surface area contributed by atoms with Gasteiger partial charge >= 0.3 is 5.97 Å². The Kier molecular flexibility index (Phi) is 4.95.